The summed E-state index contributed by atoms with van der Waals surface area (Å²) in [6, 6.07) is 5.52. The molecule has 28 heavy (non-hydrogen) atoms. The van der Waals surface area contributed by atoms with E-state index in [1.165, 1.54) is 0 Å². The first kappa shape index (κ1) is 26.8. The molecule has 1 aromatic rings. The van der Waals surface area contributed by atoms with Crippen molar-refractivity contribution in [3.63, 3.8) is 0 Å². The number of rotatable bonds is 10. The topological polar surface area (TPSA) is 76.8 Å². The van der Waals surface area contributed by atoms with Crippen LogP contribution >= 0.6 is 24.8 Å². The molecular weight excluding hydrogens is 401 g/mol. The molecule has 3 N–H and O–H groups in total. The van der Waals surface area contributed by atoms with Gasteiger partial charge in [-0.3, -0.25) is 4.79 Å². The van der Waals surface area contributed by atoms with Gasteiger partial charge in [0.1, 0.15) is 6.61 Å². The first-order valence-corrected chi connectivity index (χ1v) is 9.67. The Labute approximate surface area is 181 Å². The maximum Gasteiger partial charge on any atom is 0.227 e. The Bertz CT molecular complexity index is 586. The zero-order chi connectivity index (χ0) is 18.9. The molecule has 2 rings (SSSR count). The molecule has 0 aliphatic heterocycles. The Kier molecular flexibility index (Phi) is 13.3. The van der Waals surface area contributed by atoms with Gasteiger partial charge < -0.3 is 25.4 Å². The van der Waals surface area contributed by atoms with E-state index in [0.29, 0.717) is 24.7 Å². The summed E-state index contributed by atoms with van der Waals surface area (Å²) in [5.74, 6) is 1.67. The summed E-state index contributed by atoms with van der Waals surface area (Å²) in [5.41, 5.74) is 6.53. The molecular formula is C20H35Cl2N3O3. The molecule has 6 nitrogen and oxygen atoms in total. The van der Waals surface area contributed by atoms with Crippen LogP contribution in [0.1, 0.15) is 33.1 Å². The number of methoxy groups -OCH3 is 1. The summed E-state index contributed by atoms with van der Waals surface area (Å²) in [5, 5.41) is 3.02. The van der Waals surface area contributed by atoms with Crippen LogP contribution in [0.3, 0.4) is 0 Å². The molecule has 0 saturated heterocycles. The number of hydrogen-bond donors (Lipinski definition) is 2. The predicted octanol–water partition coefficient (Wildman–Crippen LogP) is 3.57. The standard InChI is InChI=1S/C20H33N3O3.2ClH/c1-4-23(5-2)11-12-26-19-13-16(9-10-18(19)25-3)22-20(24)17-8-6-7-15(17)14-21;;/h9-10,13,15,17H,4-8,11-12,14,21H2,1-3H3,(H,22,24);2*1H/t15-,17-;;/m1../s1. The number of nitrogens with two attached hydrogens (primary N) is 1. The van der Waals surface area contributed by atoms with E-state index in [-0.39, 0.29) is 42.6 Å². The van der Waals surface area contributed by atoms with E-state index in [1.807, 2.05) is 18.2 Å². The molecule has 2 atom stereocenters. The van der Waals surface area contributed by atoms with Gasteiger partial charge in [0.25, 0.3) is 0 Å². The van der Waals surface area contributed by atoms with Crippen molar-refractivity contribution in [1.82, 2.24) is 4.90 Å². The summed E-state index contributed by atoms with van der Waals surface area (Å²) in [6.07, 6.45) is 3.02. The largest absolute Gasteiger partial charge is 0.493 e. The zero-order valence-corrected chi connectivity index (χ0v) is 18.7. The van der Waals surface area contributed by atoms with Crippen molar-refractivity contribution in [3.8, 4) is 11.5 Å². The van der Waals surface area contributed by atoms with E-state index in [0.717, 1.165) is 44.6 Å². The maximum absolute atomic E-state index is 12.6. The van der Waals surface area contributed by atoms with Gasteiger partial charge in [-0.2, -0.15) is 0 Å². The van der Waals surface area contributed by atoms with Crippen molar-refractivity contribution in [3.05, 3.63) is 18.2 Å². The smallest absolute Gasteiger partial charge is 0.227 e. The highest BCUT2D eigenvalue weighted by Gasteiger charge is 2.32. The van der Waals surface area contributed by atoms with Crippen molar-refractivity contribution >= 4 is 36.4 Å². The Morgan fingerprint density at radius 1 is 1.21 bits per heavy atom. The van der Waals surface area contributed by atoms with Gasteiger partial charge in [0.15, 0.2) is 11.5 Å². The van der Waals surface area contributed by atoms with Crippen molar-refractivity contribution in [2.45, 2.75) is 33.1 Å². The highest BCUT2D eigenvalue weighted by molar-refractivity contribution is 5.93. The Morgan fingerprint density at radius 3 is 2.54 bits per heavy atom. The lowest BCUT2D eigenvalue weighted by molar-refractivity contribution is -0.120. The summed E-state index contributed by atoms with van der Waals surface area (Å²) in [4.78, 5) is 14.9. The monoisotopic (exact) mass is 435 g/mol. The average Bonchev–Trinajstić information content (AvgIpc) is 3.14. The lowest BCUT2D eigenvalue weighted by Gasteiger charge is -2.20. The van der Waals surface area contributed by atoms with E-state index in [1.54, 1.807) is 7.11 Å². The van der Waals surface area contributed by atoms with Crippen molar-refractivity contribution in [1.29, 1.82) is 0 Å². The van der Waals surface area contributed by atoms with Gasteiger partial charge in [-0.05, 0) is 50.5 Å². The number of carbonyl (C=O) groups is 1. The molecule has 1 amide bonds. The number of likely N-dealkylation sites (N-methyl/N-ethyl adjacent to an activating group) is 1. The number of nitrogens with one attached hydrogen (secondary N) is 1. The van der Waals surface area contributed by atoms with Crippen molar-refractivity contribution in [2.24, 2.45) is 17.6 Å². The minimum absolute atomic E-state index is 0. The van der Waals surface area contributed by atoms with Gasteiger partial charge in [0.2, 0.25) is 5.91 Å². The number of carbonyl (C=O) groups excluding carboxylic acids is 1. The van der Waals surface area contributed by atoms with Crippen LogP contribution < -0.4 is 20.5 Å². The molecule has 162 valence electrons. The third kappa shape index (κ3) is 7.32. The van der Waals surface area contributed by atoms with Gasteiger partial charge >= 0.3 is 0 Å². The Balaban J connectivity index is 0.00000364. The van der Waals surface area contributed by atoms with E-state index >= 15 is 0 Å². The highest BCUT2D eigenvalue weighted by Crippen LogP contribution is 2.34. The van der Waals surface area contributed by atoms with Crippen LogP contribution in [0, 0.1) is 11.8 Å². The second-order valence-electron chi connectivity index (χ2n) is 6.76. The van der Waals surface area contributed by atoms with E-state index in [9.17, 15) is 4.79 Å². The fraction of sp³-hybridized carbons (Fsp3) is 0.650. The van der Waals surface area contributed by atoms with Crippen LogP contribution in [0.4, 0.5) is 5.69 Å². The third-order valence-corrected chi connectivity index (χ3v) is 5.29. The average molecular weight is 436 g/mol. The highest BCUT2D eigenvalue weighted by atomic mass is 35.5. The molecule has 0 spiro atoms. The molecule has 1 aliphatic rings. The summed E-state index contributed by atoms with van der Waals surface area (Å²) >= 11 is 0. The summed E-state index contributed by atoms with van der Waals surface area (Å²) in [7, 11) is 1.62. The fourth-order valence-corrected chi connectivity index (χ4v) is 3.59. The first-order chi connectivity index (χ1) is 12.6. The molecule has 1 fully saturated rings. The molecule has 8 heteroatoms. The number of benzene rings is 1. The molecule has 0 aromatic heterocycles. The first-order valence-electron chi connectivity index (χ1n) is 9.67. The number of anilines is 1. The lowest BCUT2D eigenvalue weighted by atomic mass is 9.95. The second-order valence-corrected chi connectivity index (χ2v) is 6.76. The SMILES string of the molecule is CCN(CC)CCOc1cc(NC(=O)[C@@H]2CCC[C@@H]2CN)ccc1OC.Cl.Cl. The van der Waals surface area contributed by atoms with Gasteiger partial charge in [-0.1, -0.05) is 20.3 Å². The summed E-state index contributed by atoms with van der Waals surface area (Å²) in [6.45, 7) is 8.27. The van der Waals surface area contributed by atoms with Crippen LogP contribution in [0.5, 0.6) is 11.5 Å². The van der Waals surface area contributed by atoms with Crippen LogP contribution in [0.15, 0.2) is 18.2 Å². The number of halogens is 2. The van der Waals surface area contributed by atoms with Gasteiger partial charge in [0, 0.05) is 24.2 Å². The van der Waals surface area contributed by atoms with Crippen molar-refractivity contribution in [2.75, 3.05) is 45.2 Å². The van der Waals surface area contributed by atoms with E-state index in [4.69, 9.17) is 15.2 Å². The van der Waals surface area contributed by atoms with Crippen LogP contribution in [0.25, 0.3) is 0 Å². The molecule has 1 aliphatic carbocycles. The lowest BCUT2D eigenvalue weighted by Crippen LogP contribution is -2.29. The fourth-order valence-electron chi connectivity index (χ4n) is 3.59. The zero-order valence-electron chi connectivity index (χ0n) is 17.1. The second kappa shape index (κ2) is 13.9. The molecule has 0 heterocycles. The quantitative estimate of drug-likeness (QED) is 0.587. The van der Waals surface area contributed by atoms with E-state index < -0.39 is 0 Å². The number of nitrogens with zero attached hydrogens (tertiary/aromatic N) is 1. The van der Waals surface area contributed by atoms with Crippen molar-refractivity contribution < 1.29 is 14.3 Å². The maximum atomic E-state index is 12.6. The predicted molar refractivity (Wildman–Crippen MR) is 119 cm³/mol. The number of ether oxygens (including phenoxy) is 2. The summed E-state index contributed by atoms with van der Waals surface area (Å²) < 4.78 is 11.3. The van der Waals surface area contributed by atoms with Crippen LogP contribution in [-0.2, 0) is 4.79 Å². The minimum atomic E-state index is 0. The normalized spacial score (nSPS) is 18.2. The Hall–Kier alpha value is -1.21. The minimum Gasteiger partial charge on any atom is -0.493 e. The molecule has 0 radical (unpaired) electrons. The molecule has 1 aromatic carbocycles. The van der Waals surface area contributed by atoms with Gasteiger partial charge in [-0.25, -0.2) is 0 Å². The number of hydrogen-bond acceptors (Lipinski definition) is 5. The molecule has 1 saturated carbocycles. The van der Waals surface area contributed by atoms with Gasteiger partial charge in [0.05, 0.1) is 7.11 Å². The number of amides is 1. The molecule has 0 unspecified atom stereocenters. The Morgan fingerprint density at radius 2 is 1.93 bits per heavy atom. The van der Waals surface area contributed by atoms with Crippen LogP contribution in [0.2, 0.25) is 0 Å². The third-order valence-electron chi connectivity index (χ3n) is 5.29. The van der Waals surface area contributed by atoms with Crippen LogP contribution in [-0.4, -0.2) is 50.7 Å². The van der Waals surface area contributed by atoms with Gasteiger partial charge in [-0.15, -0.1) is 24.8 Å². The van der Waals surface area contributed by atoms with E-state index in [2.05, 4.69) is 24.1 Å². The molecule has 0 bridgehead atoms.